The second-order valence-corrected chi connectivity index (χ2v) is 5.11. The number of hydrogen-bond acceptors (Lipinski definition) is 2. The highest BCUT2D eigenvalue weighted by Gasteiger charge is 2.06. The Labute approximate surface area is 119 Å². The molecule has 0 radical (unpaired) electrons. The van der Waals surface area contributed by atoms with Gasteiger partial charge in [0.2, 0.25) is 0 Å². The average Bonchev–Trinajstić information content (AvgIpc) is 2.40. The fraction of sp³-hybridized carbons (Fsp3) is 0.294. The Balaban J connectivity index is 2.02. The van der Waals surface area contributed by atoms with Gasteiger partial charge in [-0.1, -0.05) is 12.1 Å². The van der Waals surface area contributed by atoms with E-state index in [4.69, 9.17) is 4.74 Å². The molecule has 2 aromatic carbocycles. The maximum absolute atomic E-state index is 13.2. The number of hydrogen-bond donors (Lipinski definition) is 1. The van der Waals surface area contributed by atoms with Crippen LogP contribution >= 0.6 is 0 Å². The van der Waals surface area contributed by atoms with Crippen LogP contribution in [0.15, 0.2) is 48.5 Å². The summed E-state index contributed by atoms with van der Waals surface area (Å²) in [5, 5.41) is 3.34. The van der Waals surface area contributed by atoms with Crippen LogP contribution < -0.4 is 10.1 Å². The smallest absolute Gasteiger partial charge is 0.123 e. The summed E-state index contributed by atoms with van der Waals surface area (Å²) in [6.45, 7) is 6.00. The van der Waals surface area contributed by atoms with Gasteiger partial charge >= 0.3 is 0 Å². The van der Waals surface area contributed by atoms with E-state index in [0.29, 0.717) is 0 Å². The van der Waals surface area contributed by atoms with Crippen LogP contribution in [0.2, 0.25) is 0 Å². The second kappa shape index (κ2) is 6.42. The zero-order valence-electron chi connectivity index (χ0n) is 12.1. The number of rotatable bonds is 5. The van der Waals surface area contributed by atoms with E-state index >= 15 is 0 Å². The van der Waals surface area contributed by atoms with Crippen molar-refractivity contribution in [3.8, 4) is 5.75 Å². The van der Waals surface area contributed by atoms with Gasteiger partial charge in [0.15, 0.2) is 0 Å². The monoisotopic (exact) mass is 273 g/mol. The van der Waals surface area contributed by atoms with E-state index in [-0.39, 0.29) is 18.0 Å². The molecule has 2 nitrogen and oxygen atoms in total. The maximum atomic E-state index is 13.2. The van der Waals surface area contributed by atoms with E-state index in [9.17, 15) is 4.39 Å². The molecule has 2 aromatic rings. The van der Waals surface area contributed by atoms with Crippen LogP contribution in [0.5, 0.6) is 5.75 Å². The molecule has 1 atom stereocenters. The first-order chi connectivity index (χ1) is 9.54. The molecular formula is C17H20FNO. The normalized spacial score (nSPS) is 12.2. The van der Waals surface area contributed by atoms with E-state index in [0.717, 1.165) is 17.0 Å². The van der Waals surface area contributed by atoms with Crippen LogP contribution in [0.3, 0.4) is 0 Å². The number of halogens is 1. The summed E-state index contributed by atoms with van der Waals surface area (Å²) in [5.74, 6) is 0.640. The van der Waals surface area contributed by atoms with Crippen molar-refractivity contribution in [2.24, 2.45) is 0 Å². The van der Waals surface area contributed by atoms with E-state index < -0.39 is 0 Å². The first-order valence-corrected chi connectivity index (χ1v) is 6.83. The molecule has 0 aliphatic rings. The Kier molecular flexibility index (Phi) is 4.61. The van der Waals surface area contributed by atoms with Crippen molar-refractivity contribution < 1.29 is 9.13 Å². The lowest BCUT2D eigenvalue weighted by Gasteiger charge is -2.16. The molecule has 20 heavy (non-hydrogen) atoms. The van der Waals surface area contributed by atoms with Gasteiger partial charge in [0.25, 0.3) is 0 Å². The zero-order chi connectivity index (χ0) is 14.5. The molecule has 3 heteroatoms. The van der Waals surface area contributed by atoms with Crippen molar-refractivity contribution in [2.75, 3.05) is 5.32 Å². The fourth-order valence-corrected chi connectivity index (χ4v) is 2.01. The third-order valence-electron chi connectivity index (χ3n) is 2.96. The molecule has 1 N–H and O–H groups in total. The molecule has 0 spiro atoms. The van der Waals surface area contributed by atoms with Gasteiger partial charge in [0.1, 0.15) is 11.6 Å². The van der Waals surface area contributed by atoms with Gasteiger partial charge in [0.05, 0.1) is 6.10 Å². The van der Waals surface area contributed by atoms with E-state index in [1.54, 1.807) is 12.1 Å². The highest BCUT2D eigenvalue weighted by molar-refractivity contribution is 5.48. The third-order valence-corrected chi connectivity index (χ3v) is 2.96. The third kappa shape index (κ3) is 3.98. The average molecular weight is 273 g/mol. The van der Waals surface area contributed by atoms with Crippen molar-refractivity contribution in [3.05, 3.63) is 59.9 Å². The van der Waals surface area contributed by atoms with Crippen molar-refractivity contribution in [3.63, 3.8) is 0 Å². The van der Waals surface area contributed by atoms with Crippen molar-refractivity contribution in [1.82, 2.24) is 0 Å². The Bertz CT molecular complexity index is 551. The number of ether oxygens (including phenoxy) is 1. The van der Waals surface area contributed by atoms with Gasteiger partial charge in [-0.3, -0.25) is 0 Å². The zero-order valence-corrected chi connectivity index (χ0v) is 12.1. The molecule has 0 fully saturated rings. The minimum atomic E-state index is -0.211. The van der Waals surface area contributed by atoms with Crippen molar-refractivity contribution in [2.45, 2.75) is 32.9 Å². The number of nitrogens with one attached hydrogen (secondary N) is 1. The SMILES string of the molecule is CC(C)Oc1ccc(NC(C)c2cccc(F)c2)cc1. The summed E-state index contributed by atoms with van der Waals surface area (Å²) in [7, 11) is 0. The first-order valence-electron chi connectivity index (χ1n) is 6.83. The number of benzene rings is 2. The molecule has 0 saturated carbocycles. The minimum absolute atomic E-state index is 0.0440. The summed E-state index contributed by atoms with van der Waals surface area (Å²) >= 11 is 0. The summed E-state index contributed by atoms with van der Waals surface area (Å²) in [4.78, 5) is 0. The molecule has 1 unspecified atom stereocenters. The predicted molar refractivity (Wildman–Crippen MR) is 80.6 cm³/mol. The lowest BCUT2D eigenvalue weighted by Crippen LogP contribution is -2.07. The highest BCUT2D eigenvalue weighted by atomic mass is 19.1. The highest BCUT2D eigenvalue weighted by Crippen LogP contribution is 2.22. The summed E-state index contributed by atoms with van der Waals surface area (Å²) in [5.41, 5.74) is 1.91. The van der Waals surface area contributed by atoms with Crippen molar-refractivity contribution >= 4 is 5.69 Å². The van der Waals surface area contributed by atoms with Gasteiger partial charge in [-0.25, -0.2) is 4.39 Å². The molecule has 0 bridgehead atoms. The van der Waals surface area contributed by atoms with E-state index in [2.05, 4.69) is 5.32 Å². The standard InChI is InChI=1S/C17H20FNO/c1-12(2)20-17-9-7-16(8-10-17)19-13(3)14-5-4-6-15(18)11-14/h4-13,19H,1-3H3. The molecule has 0 saturated heterocycles. The fourth-order valence-electron chi connectivity index (χ4n) is 2.01. The quantitative estimate of drug-likeness (QED) is 0.846. The Morgan fingerprint density at radius 3 is 2.30 bits per heavy atom. The largest absolute Gasteiger partial charge is 0.491 e. The maximum Gasteiger partial charge on any atom is 0.123 e. The van der Waals surface area contributed by atoms with Gasteiger partial charge in [0, 0.05) is 11.7 Å². The van der Waals surface area contributed by atoms with Crippen molar-refractivity contribution in [1.29, 1.82) is 0 Å². The molecule has 0 heterocycles. The number of anilines is 1. The Morgan fingerprint density at radius 2 is 1.70 bits per heavy atom. The van der Waals surface area contributed by atoms with E-state index in [1.807, 2.05) is 51.1 Å². The molecular weight excluding hydrogens is 253 g/mol. The van der Waals surface area contributed by atoms with Gasteiger partial charge < -0.3 is 10.1 Å². The van der Waals surface area contributed by atoms with Gasteiger partial charge in [-0.2, -0.15) is 0 Å². The predicted octanol–water partition coefficient (Wildman–Crippen LogP) is 4.79. The second-order valence-electron chi connectivity index (χ2n) is 5.11. The lowest BCUT2D eigenvalue weighted by molar-refractivity contribution is 0.242. The summed E-state index contributed by atoms with van der Waals surface area (Å²) in [6.07, 6.45) is 0.167. The topological polar surface area (TPSA) is 21.3 Å². The van der Waals surface area contributed by atoms with Crippen LogP contribution in [0.1, 0.15) is 32.4 Å². The molecule has 0 aliphatic carbocycles. The van der Waals surface area contributed by atoms with Gasteiger partial charge in [-0.15, -0.1) is 0 Å². The van der Waals surface area contributed by atoms with Crippen LogP contribution in [0, 0.1) is 5.82 Å². The molecule has 106 valence electrons. The molecule has 0 amide bonds. The molecule has 0 aliphatic heterocycles. The summed E-state index contributed by atoms with van der Waals surface area (Å²) < 4.78 is 18.8. The molecule has 2 rings (SSSR count). The van der Waals surface area contributed by atoms with E-state index in [1.165, 1.54) is 6.07 Å². The van der Waals surface area contributed by atoms with Crippen LogP contribution in [0.25, 0.3) is 0 Å². The Hall–Kier alpha value is -2.03. The summed E-state index contributed by atoms with van der Waals surface area (Å²) in [6, 6.07) is 14.5. The lowest BCUT2D eigenvalue weighted by atomic mass is 10.1. The van der Waals surface area contributed by atoms with Gasteiger partial charge in [-0.05, 0) is 62.7 Å². The first kappa shape index (κ1) is 14.4. The van der Waals surface area contributed by atoms with Crippen LogP contribution in [-0.4, -0.2) is 6.10 Å². The minimum Gasteiger partial charge on any atom is -0.491 e. The van der Waals surface area contributed by atoms with Crippen LogP contribution in [0.4, 0.5) is 10.1 Å². The van der Waals surface area contributed by atoms with Crippen LogP contribution in [-0.2, 0) is 0 Å². The Morgan fingerprint density at radius 1 is 1.00 bits per heavy atom. The molecule has 0 aromatic heterocycles.